The smallest absolute Gasteiger partial charge is 0.0764 e. The molecule has 0 radical (unpaired) electrons. The van der Waals surface area contributed by atoms with Gasteiger partial charge in [-0.25, -0.2) is 0 Å². The Balaban J connectivity index is 1.97. The van der Waals surface area contributed by atoms with Gasteiger partial charge in [0, 0.05) is 26.6 Å². The fourth-order valence-electron chi connectivity index (χ4n) is 2.18. The minimum Gasteiger partial charge on any atom is -0.398 e. The van der Waals surface area contributed by atoms with E-state index < -0.39 is 10.8 Å². The van der Waals surface area contributed by atoms with Crippen LogP contribution in [0.2, 0.25) is 0 Å². The molecule has 0 fully saturated rings. The number of nitrogens with zero attached hydrogens (tertiary/aromatic N) is 1. The van der Waals surface area contributed by atoms with Gasteiger partial charge in [-0.2, -0.15) is 0 Å². The van der Waals surface area contributed by atoms with E-state index in [2.05, 4.69) is 20.9 Å². The lowest BCUT2D eigenvalue weighted by molar-refractivity contribution is 0.682. The van der Waals surface area contributed by atoms with Crippen LogP contribution in [0.4, 0.5) is 5.69 Å². The maximum absolute atomic E-state index is 12.5. The fraction of sp³-hybridized carbons (Fsp3) is 0.0625. The fourth-order valence-corrected chi connectivity index (χ4v) is 3.57. The minimum atomic E-state index is -1.11. The van der Waals surface area contributed by atoms with E-state index in [4.69, 9.17) is 5.73 Å². The summed E-state index contributed by atoms with van der Waals surface area (Å²) in [7, 11) is -1.11. The molecule has 1 unspecified atom stereocenters. The molecule has 0 spiro atoms. The van der Waals surface area contributed by atoms with Crippen molar-refractivity contribution < 1.29 is 4.21 Å². The van der Waals surface area contributed by atoms with Crippen LogP contribution in [0.25, 0.3) is 10.9 Å². The highest BCUT2D eigenvalue weighted by Crippen LogP contribution is 2.25. The van der Waals surface area contributed by atoms with E-state index in [1.165, 1.54) is 0 Å². The van der Waals surface area contributed by atoms with Gasteiger partial charge < -0.3 is 5.73 Å². The van der Waals surface area contributed by atoms with Crippen molar-refractivity contribution >= 4 is 43.3 Å². The third kappa shape index (κ3) is 2.99. The first-order valence-electron chi connectivity index (χ1n) is 6.41. The summed E-state index contributed by atoms with van der Waals surface area (Å²) in [6, 6.07) is 15.1. The molecule has 3 nitrogen and oxygen atoms in total. The van der Waals surface area contributed by atoms with Gasteiger partial charge >= 0.3 is 0 Å². The molecule has 0 aliphatic carbocycles. The molecule has 0 aliphatic heterocycles. The molecule has 106 valence electrons. The minimum absolute atomic E-state index is 0.426. The summed E-state index contributed by atoms with van der Waals surface area (Å²) in [4.78, 5) is 5.19. The Bertz CT molecular complexity index is 818. The largest absolute Gasteiger partial charge is 0.398 e. The number of anilines is 1. The molecule has 2 aromatic carbocycles. The van der Waals surface area contributed by atoms with Gasteiger partial charge in [-0.1, -0.05) is 22.0 Å². The SMILES string of the molecule is Nc1ccc(CS(=O)c2ccc(Br)cc2)c2ncccc12. The lowest BCUT2D eigenvalue weighted by Gasteiger charge is -2.08. The number of nitrogens with two attached hydrogens (primary N) is 1. The summed E-state index contributed by atoms with van der Waals surface area (Å²) >= 11 is 3.38. The predicted molar refractivity (Wildman–Crippen MR) is 90.4 cm³/mol. The molecule has 0 saturated carbocycles. The number of aromatic nitrogens is 1. The zero-order valence-corrected chi connectivity index (χ0v) is 13.5. The third-order valence-corrected chi connectivity index (χ3v) is 5.15. The van der Waals surface area contributed by atoms with Gasteiger partial charge in [-0.05, 0) is 48.0 Å². The number of halogens is 1. The van der Waals surface area contributed by atoms with E-state index in [9.17, 15) is 4.21 Å². The zero-order chi connectivity index (χ0) is 14.8. The summed E-state index contributed by atoms with van der Waals surface area (Å²) in [6.07, 6.45) is 1.73. The molecule has 3 rings (SSSR count). The second-order valence-electron chi connectivity index (χ2n) is 4.66. The molecular weight excluding hydrogens is 348 g/mol. The molecule has 3 aromatic rings. The van der Waals surface area contributed by atoms with E-state index >= 15 is 0 Å². The highest BCUT2D eigenvalue weighted by atomic mass is 79.9. The Kier molecular flexibility index (Phi) is 4.03. The molecule has 21 heavy (non-hydrogen) atoms. The first-order chi connectivity index (χ1) is 10.1. The Morgan fingerprint density at radius 1 is 1.10 bits per heavy atom. The maximum Gasteiger partial charge on any atom is 0.0764 e. The summed E-state index contributed by atoms with van der Waals surface area (Å²) in [6.45, 7) is 0. The number of hydrogen-bond donors (Lipinski definition) is 1. The number of hydrogen-bond acceptors (Lipinski definition) is 3. The number of rotatable bonds is 3. The molecule has 0 aliphatic rings. The highest BCUT2D eigenvalue weighted by molar-refractivity contribution is 9.10. The van der Waals surface area contributed by atoms with E-state index in [1.54, 1.807) is 6.20 Å². The summed E-state index contributed by atoms with van der Waals surface area (Å²) in [5.74, 6) is 0.426. The second kappa shape index (κ2) is 5.95. The second-order valence-corrected chi connectivity index (χ2v) is 7.02. The van der Waals surface area contributed by atoms with Gasteiger partial charge in [-0.3, -0.25) is 9.19 Å². The van der Waals surface area contributed by atoms with Crippen LogP contribution >= 0.6 is 15.9 Å². The van der Waals surface area contributed by atoms with Gasteiger partial charge in [0.1, 0.15) is 0 Å². The van der Waals surface area contributed by atoms with E-state index in [0.29, 0.717) is 11.4 Å². The zero-order valence-electron chi connectivity index (χ0n) is 11.1. The van der Waals surface area contributed by atoms with Crippen molar-refractivity contribution in [3.8, 4) is 0 Å². The molecule has 0 amide bonds. The van der Waals surface area contributed by atoms with Gasteiger partial charge in [0.2, 0.25) is 0 Å². The highest BCUT2D eigenvalue weighted by Gasteiger charge is 2.10. The van der Waals surface area contributed by atoms with Crippen LogP contribution in [0.5, 0.6) is 0 Å². The lowest BCUT2D eigenvalue weighted by atomic mass is 10.1. The van der Waals surface area contributed by atoms with Gasteiger partial charge in [-0.15, -0.1) is 0 Å². The Morgan fingerprint density at radius 3 is 2.62 bits per heavy atom. The van der Waals surface area contributed by atoms with E-state index in [0.717, 1.165) is 25.8 Å². The van der Waals surface area contributed by atoms with Crippen molar-refractivity contribution in [1.82, 2.24) is 4.98 Å². The van der Waals surface area contributed by atoms with Crippen LogP contribution in [-0.2, 0) is 16.6 Å². The standard InChI is InChI=1S/C16H13BrN2OS/c17-12-4-6-13(7-5-12)21(20)10-11-3-8-15(18)14-2-1-9-19-16(11)14/h1-9H,10,18H2. The summed E-state index contributed by atoms with van der Waals surface area (Å²) in [5.41, 5.74) is 8.42. The lowest BCUT2D eigenvalue weighted by Crippen LogP contribution is -1.99. The molecule has 5 heteroatoms. The van der Waals surface area contributed by atoms with Crippen LogP contribution in [0.1, 0.15) is 5.56 Å². The quantitative estimate of drug-likeness (QED) is 0.720. The van der Waals surface area contributed by atoms with E-state index in [1.807, 2.05) is 48.5 Å². The average Bonchev–Trinajstić information content (AvgIpc) is 2.51. The van der Waals surface area contributed by atoms with Crippen molar-refractivity contribution in [3.63, 3.8) is 0 Å². The average molecular weight is 361 g/mol. The van der Waals surface area contributed by atoms with Crippen molar-refractivity contribution in [2.75, 3.05) is 5.73 Å². The number of fused-ring (bicyclic) bond motifs is 1. The monoisotopic (exact) mass is 360 g/mol. The molecule has 1 atom stereocenters. The molecule has 0 bridgehead atoms. The normalized spacial score (nSPS) is 12.4. The van der Waals surface area contributed by atoms with Crippen LogP contribution in [0.15, 0.2) is 64.1 Å². The first-order valence-corrected chi connectivity index (χ1v) is 8.52. The van der Waals surface area contributed by atoms with Gasteiger partial charge in [0.25, 0.3) is 0 Å². The third-order valence-electron chi connectivity index (χ3n) is 3.25. The van der Waals surface area contributed by atoms with Crippen LogP contribution in [0.3, 0.4) is 0 Å². The summed E-state index contributed by atoms with van der Waals surface area (Å²) in [5, 5.41) is 0.905. The van der Waals surface area contributed by atoms with Crippen molar-refractivity contribution in [3.05, 3.63) is 64.8 Å². The number of benzene rings is 2. The first kappa shape index (κ1) is 14.2. The van der Waals surface area contributed by atoms with Crippen LogP contribution in [0, 0.1) is 0 Å². The number of nitrogen functional groups attached to an aromatic ring is 1. The molecule has 1 aromatic heterocycles. The Hall–Kier alpha value is -1.72. The summed E-state index contributed by atoms with van der Waals surface area (Å²) < 4.78 is 13.5. The number of pyridine rings is 1. The molecular formula is C16H13BrN2OS. The van der Waals surface area contributed by atoms with Crippen molar-refractivity contribution in [2.45, 2.75) is 10.6 Å². The molecule has 0 saturated heterocycles. The maximum atomic E-state index is 12.5. The Morgan fingerprint density at radius 2 is 1.86 bits per heavy atom. The van der Waals surface area contributed by atoms with Crippen LogP contribution in [-0.4, -0.2) is 9.19 Å². The molecule has 1 heterocycles. The van der Waals surface area contributed by atoms with E-state index in [-0.39, 0.29) is 0 Å². The topological polar surface area (TPSA) is 56.0 Å². The van der Waals surface area contributed by atoms with Crippen molar-refractivity contribution in [1.29, 1.82) is 0 Å². The van der Waals surface area contributed by atoms with Crippen LogP contribution < -0.4 is 5.73 Å². The molecule has 2 N–H and O–H groups in total. The van der Waals surface area contributed by atoms with Gasteiger partial charge in [0.05, 0.1) is 22.1 Å². The Labute approximate surface area is 133 Å². The van der Waals surface area contributed by atoms with Crippen molar-refractivity contribution in [2.24, 2.45) is 0 Å². The predicted octanol–water partition coefficient (Wildman–Crippen LogP) is 3.89. The van der Waals surface area contributed by atoms with Gasteiger partial charge in [0.15, 0.2) is 0 Å².